The Morgan fingerprint density at radius 3 is 2.54 bits per heavy atom. The number of rotatable bonds is 4. The molecule has 0 unspecified atom stereocenters. The van der Waals surface area contributed by atoms with Crippen molar-refractivity contribution in [2.45, 2.75) is 52.0 Å². The van der Waals surface area contributed by atoms with Crippen LogP contribution in [0.4, 0.5) is 0 Å². The molecule has 0 saturated carbocycles. The number of hydrogen-bond donors (Lipinski definition) is 2. The van der Waals surface area contributed by atoms with E-state index < -0.39 is 11.6 Å². The van der Waals surface area contributed by atoms with E-state index >= 15 is 0 Å². The Kier molecular flexibility index (Phi) is 5.63. The molecule has 9 nitrogen and oxygen atoms in total. The lowest BCUT2D eigenvalue weighted by Gasteiger charge is -2.33. The Balaban J connectivity index is 1.53. The lowest BCUT2D eigenvalue weighted by molar-refractivity contribution is -0.172. The van der Waals surface area contributed by atoms with Gasteiger partial charge in [0.05, 0.1) is 29.0 Å². The smallest absolute Gasteiger partial charge is 0.343 e. The van der Waals surface area contributed by atoms with Gasteiger partial charge in [-0.05, 0) is 43.7 Å². The molecule has 6 rings (SSSR count). The normalized spacial score (nSPS) is 21.6. The summed E-state index contributed by atoms with van der Waals surface area (Å²) in [6.07, 6.45) is 0.818. The third-order valence-corrected chi connectivity index (χ3v) is 8.38. The van der Waals surface area contributed by atoms with E-state index in [-0.39, 0.29) is 24.3 Å². The molecule has 194 valence electrons. The highest BCUT2D eigenvalue weighted by molar-refractivity contribution is 5.92. The molecular weight excluding hydrogens is 472 g/mol. The van der Waals surface area contributed by atoms with Crippen LogP contribution in [0, 0.1) is 0 Å². The van der Waals surface area contributed by atoms with Crippen LogP contribution in [-0.2, 0) is 41.2 Å². The third kappa shape index (κ3) is 3.52. The summed E-state index contributed by atoms with van der Waals surface area (Å²) < 4.78 is 6.86. The highest BCUT2D eigenvalue weighted by Gasteiger charge is 2.45. The Hall–Kier alpha value is -3.27. The lowest BCUT2D eigenvalue weighted by atomic mass is 9.86. The number of aryl methyl sites for hydroxylation is 1. The highest BCUT2D eigenvalue weighted by atomic mass is 16.6. The highest BCUT2D eigenvalue weighted by Crippen LogP contribution is 2.42. The van der Waals surface area contributed by atoms with Gasteiger partial charge in [-0.15, -0.1) is 0 Å². The van der Waals surface area contributed by atoms with Crippen LogP contribution in [0.15, 0.2) is 23.0 Å². The van der Waals surface area contributed by atoms with E-state index in [4.69, 9.17) is 9.72 Å². The van der Waals surface area contributed by atoms with Gasteiger partial charge in [0.25, 0.3) is 5.56 Å². The van der Waals surface area contributed by atoms with Gasteiger partial charge in [0.1, 0.15) is 12.4 Å². The van der Waals surface area contributed by atoms with Crippen molar-refractivity contribution in [3.8, 4) is 17.1 Å². The molecule has 1 saturated heterocycles. The molecule has 0 bridgehead atoms. The molecule has 1 aromatic carbocycles. The lowest BCUT2D eigenvalue weighted by Crippen LogP contribution is -2.44. The SMILES string of the molecule is CCc1c2c(nc3ccc(O)c(CN4CCN(C)CC4)c13)-c1cc3c(c(=O)n1C2)COC(=O)[C@]3(O)CC. The first kappa shape index (κ1) is 24.1. The number of carbonyl (C=O) groups is 1. The molecule has 0 spiro atoms. The number of piperazine rings is 1. The minimum atomic E-state index is -1.85. The quantitative estimate of drug-likeness (QED) is 0.407. The van der Waals surface area contributed by atoms with E-state index in [9.17, 15) is 19.8 Å². The fourth-order valence-electron chi connectivity index (χ4n) is 6.11. The molecule has 37 heavy (non-hydrogen) atoms. The Morgan fingerprint density at radius 2 is 1.84 bits per heavy atom. The summed E-state index contributed by atoms with van der Waals surface area (Å²) in [5.74, 6) is -0.468. The summed E-state index contributed by atoms with van der Waals surface area (Å²) in [5, 5.41) is 23.0. The molecular formula is C28H32N4O5. The number of aromatic nitrogens is 2. The first-order chi connectivity index (χ1) is 17.8. The van der Waals surface area contributed by atoms with Gasteiger partial charge < -0.3 is 24.4 Å². The molecule has 0 amide bonds. The second-order valence-electron chi connectivity index (χ2n) is 10.4. The number of likely N-dealkylation sites (N-methyl/N-ethyl adjacent to an activating group) is 1. The Labute approximate surface area is 214 Å². The number of esters is 1. The number of fused-ring (bicyclic) bond motifs is 5. The maximum Gasteiger partial charge on any atom is 0.343 e. The van der Waals surface area contributed by atoms with Crippen LogP contribution in [-0.4, -0.2) is 68.8 Å². The van der Waals surface area contributed by atoms with Crippen molar-refractivity contribution >= 4 is 16.9 Å². The van der Waals surface area contributed by atoms with Crippen molar-refractivity contribution in [1.29, 1.82) is 0 Å². The number of pyridine rings is 2. The summed E-state index contributed by atoms with van der Waals surface area (Å²) in [7, 11) is 2.12. The molecule has 1 atom stereocenters. The zero-order chi connectivity index (χ0) is 26.1. The maximum absolute atomic E-state index is 13.6. The molecule has 0 radical (unpaired) electrons. The van der Waals surface area contributed by atoms with Gasteiger partial charge in [-0.3, -0.25) is 9.69 Å². The third-order valence-electron chi connectivity index (χ3n) is 8.38. The fraction of sp³-hybridized carbons (Fsp3) is 0.464. The second-order valence-corrected chi connectivity index (χ2v) is 10.4. The molecule has 1 fully saturated rings. The molecule has 2 aromatic heterocycles. The molecule has 3 aromatic rings. The largest absolute Gasteiger partial charge is 0.508 e. The number of nitrogens with zero attached hydrogens (tertiary/aromatic N) is 4. The van der Waals surface area contributed by atoms with E-state index in [2.05, 4.69) is 23.8 Å². The number of carbonyl (C=O) groups excluding carboxylic acids is 1. The van der Waals surface area contributed by atoms with Gasteiger partial charge in [-0.2, -0.15) is 0 Å². The van der Waals surface area contributed by atoms with Crippen LogP contribution in [0.2, 0.25) is 0 Å². The van der Waals surface area contributed by atoms with Crippen LogP contribution in [0.3, 0.4) is 0 Å². The number of phenolic OH excluding ortho intramolecular Hbond substituents is 1. The summed E-state index contributed by atoms with van der Waals surface area (Å²) >= 11 is 0. The number of aliphatic hydroxyl groups is 1. The van der Waals surface area contributed by atoms with Crippen molar-refractivity contribution in [2.75, 3.05) is 33.2 Å². The zero-order valence-corrected chi connectivity index (χ0v) is 21.5. The number of ether oxygens (including phenoxy) is 1. The summed E-state index contributed by atoms with van der Waals surface area (Å²) in [4.78, 5) is 35.7. The van der Waals surface area contributed by atoms with Crippen molar-refractivity contribution in [3.63, 3.8) is 0 Å². The number of aromatic hydroxyl groups is 1. The first-order valence-corrected chi connectivity index (χ1v) is 13.0. The molecule has 9 heteroatoms. The van der Waals surface area contributed by atoms with E-state index in [1.165, 1.54) is 0 Å². The maximum atomic E-state index is 13.6. The molecule has 3 aliphatic heterocycles. The van der Waals surface area contributed by atoms with Crippen molar-refractivity contribution < 1.29 is 19.7 Å². The first-order valence-electron chi connectivity index (χ1n) is 13.0. The minimum Gasteiger partial charge on any atom is -0.508 e. The predicted molar refractivity (Wildman–Crippen MR) is 138 cm³/mol. The topological polar surface area (TPSA) is 108 Å². The van der Waals surface area contributed by atoms with Crippen LogP contribution in [0.1, 0.15) is 48.1 Å². The summed E-state index contributed by atoms with van der Waals surface area (Å²) in [6, 6.07) is 5.28. The number of phenols is 1. The Morgan fingerprint density at radius 1 is 1.08 bits per heavy atom. The van der Waals surface area contributed by atoms with Crippen LogP contribution in [0.25, 0.3) is 22.3 Å². The van der Waals surface area contributed by atoms with E-state index in [0.29, 0.717) is 42.0 Å². The van der Waals surface area contributed by atoms with Gasteiger partial charge in [-0.25, -0.2) is 9.78 Å². The fourth-order valence-corrected chi connectivity index (χ4v) is 6.11. The molecule has 3 aliphatic rings. The van der Waals surface area contributed by atoms with E-state index in [0.717, 1.165) is 53.8 Å². The summed E-state index contributed by atoms with van der Waals surface area (Å²) in [5.41, 5.74) is 3.47. The number of cyclic esters (lactones) is 1. The van der Waals surface area contributed by atoms with Crippen molar-refractivity contribution in [3.05, 3.63) is 56.4 Å². The van der Waals surface area contributed by atoms with E-state index in [1.54, 1.807) is 23.6 Å². The molecule has 2 N–H and O–H groups in total. The number of hydrogen-bond acceptors (Lipinski definition) is 8. The number of benzene rings is 1. The monoisotopic (exact) mass is 504 g/mol. The van der Waals surface area contributed by atoms with E-state index in [1.807, 2.05) is 6.07 Å². The van der Waals surface area contributed by atoms with Crippen LogP contribution < -0.4 is 5.56 Å². The standard InChI is InChI=1S/C28H32N4O5/c1-4-16-17-14-32-22(12-20-19(26(32)34)15-37-27(35)28(20,36)5-2)25(17)29-21-6-7-23(33)18(24(16)21)13-31-10-8-30(3)9-11-31/h6-7,12,33,36H,4-5,8-11,13-15H2,1-3H3/t28-/m0/s1. The second kappa shape index (κ2) is 8.65. The van der Waals surface area contributed by atoms with Gasteiger partial charge in [0.15, 0.2) is 5.60 Å². The summed E-state index contributed by atoms with van der Waals surface area (Å²) in [6.45, 7) is 8.45. The van der Waals surface area contributed by atoms with Crippen molar-refractivity contribution in [1.82, 2.24) is 19.4 Å². The average molecular weight is 505 g/mol. The van der Waals surface area contributed by atoms with Gasteiger partial charge in [0, 0.05) is 54.8 Å². The van der Waals surface area contributed by atoms with Gasteiger partial charge in [-0.1, -0.05) is 13.8 Å². The Bertz CT molecular complexity index is 1510. The molecule has 0 aliphatic carbocycles. The van der Waals surface area contributed by atoms with Gasteiger partial charge >= 0.3 is 5.97 Å². The molecule has 5 heterocycles. The van der Waals surface area contributed by atoms with Crippen molar-refractivity contribution in [2.24, 2.45) is 0 Å². The minimum absolute atomic E-state index is 0.106. The zero-order valence-electron chi connectivity index (χ0n) is 21.5. The van der Waals surface area contributed by atoms with Crippen LogP contribution >= 0.6 is 0 Å². The van der Waals surface area contributed by atoms with Gasteiger partial charge in [0.2, 0.25) is 0 Å². The van der Waals surface area contributed by atoms with Crippen LogP contribution in [0.5, 0.6) is 5.75 Å². The predicted octanol–water partition coefficient (Wildman–Crippen LogP) is 2.09. The average Bonchev–Trinajstić information content (AvgIpc) is 3.27.